The fourth-order valence-electron chi connectivity index (χ4n) is 2.95. The van der Waals surface area contributed by atoms with Crippen LogP contribution in [0.25, 0.3) is 0 Å². The van der Waals surface area contributed by atoms with Crippen LogP contribution in [0.5, 0.6) is 0 Å². The number of hydrogen-bond donors (Lipinski definition) is 0. The van der Waals surface area contributed by atoms with Gasteiger partial charge in [-0.2, -0.15) is 12.7 Å². The minimum Gasteiger partial charge on any atom is -0.458 e. The summed E-state index contributed by atoms with van der Waals surface area (Å²) in [5, 5.41) is 0. The van der Waals surface area contributed by atoms with Gasteiger partial charge in [0.15, 0.2) is 5.54 Å². The van der Waals surface area contributed by atoms with Crippen LogP contribution in [0.1, 0.15) is 60.8 Å². The molecule has 0 bridgehead atoms. The summed E-state index contributed by atoms with van der Waals surface area (Å²) in [6, 6.07) is 0. The lowest BCUT2D eigenvalue weighted by atomic mass is 9.95. The minimum absolute atomic E-state index is 0.144. The summed E-state index contributed by atoms with van der Waals surface area (Å²) >= 11 is 0. The number of rotatable bonds is 1. The molecule has 138 valence electrons. The lowest BCUT2D eigenvalue weighted by Gasteiger charge is -2.35. The Morgan fingerprint density at radius 2 is 1.62 bits per heavy atom. The fraction of sp³-hybridized carbons (Fsp3) is 0.867. The molecule has 1 aliphatic carbocycles. The zero-order valence-electron chi connectivity index (χ0n) is 14.9. The van der Waals surface area contributed by atoms with Gasteiger partial charge in [0.05, 0.1) is 0 Å². The van der Waals surface area contributed by atoms with Crippen LogP contribution in [-0.2, 0) is 28.8 Å². The Bertz CT molecular complexity index is 644. The summed E-state index contributed by atoms with van der Waals surface area (Å²) in [5.41, 5.74) is -3.45. The van der Waals surface area contributed by atoms with Gasteiger partial charge in [-0.15, -0.1) is 0 Å². The van der Waals surface area contributed by atoms with E-state index < -0.39 is 45.2 Å². The smallest absolute Gasteiger partial charge is 0.427 e. The van der Waals surface area contributed by atoms with Gasteiger partial charge in [0.1, 0.15) is 17.3 Å². The Hall–Kier alpha value is -1.35. The van der Waals surface area contributed by atoms with Gasteiger partial charge in [-0.3, -0.25) is 0 Å². The summed E-state index contributed by atoms with van der Waals surface area (Å²) in [4.78, 5) is 25.3. The van der Waals surface area contributed by atoms with E-state index in [2.05, 4.69) is 0 Å². The second-order valence-corrected chi connectivity index (χ2v) is 9.52. The number of esters is 1. The van der Waals surface area contributed by atoms with E-state index in [1.54, 1.807) is 41.5 Å². The molecule has 0 aromatic rings. The van der Waals surface area contributed by atoms with E-state index in [0.717, 1.165) is 0 Å². The van der Waals surface area contributed by atoms with Gasteiger partial charge in [0, 0.05) is 0 Å². The Balaban J connectivity index is 2.47. The number of amides is 1. The van der Waals surface area contributed by atoms with Gasteiger partial charge in [0.2, 0.25) is 0 Å². The van der Waals surface area contributed by atoms with E-state index in [4.69, 9.17) is 13.7 Å². The number of hydrogen-bond acceptors (Lipinski definition) is 7. The van der Waals surface area contributed by atoms with Crippen molar-refractivity contribution in [2.24, 2.45) is 0 Å². The molecule has 0 unspecified atom stereocenters. The van der Waals surface area contributed by atoms with Crippen molar-refractivity contribution in [3.05, 3.63) is 0 Å². The van der Waals surface area contributed by atoms with Crippen LogP contribution in [0.15, 0.2) is 0 Å². The first-order chi connectivity index (χ1) is 10.7. The molecular weight excluding hydrogens is 338 g/mol. The van der Waals surface area contributed by atoms with E-state index >= 15 is 0 Å². The van der Waals surface area contributed by atoms with E-state index in [0.29, 0.717) is 17.1 Å². The normalized spacial score (nSPS) is 29.2. The van der Waals surface area contributed by atoms with Crippen LogP contribution < -0.4 is 0 Å². The lowest BCUT2D eigenvalue weighted by Crippen LogP contribution is -2.59. The highest BCUT2D eigenvalue weighted by atomic mass is 32.2. The van der Waals surface area contributed by atoms with Crippen molar-refractivity contribution in [2.45, 2.75) is 83.6 Å². The van der Waals surface area contributed by atoms with Gasteiger partial charge in [-0.1, -0.05) is 0 Å². The summed E-state index contributed by atoms with van der Waals surface area (Å²) in [6.45, 7) is 9.86. The number of carbonyl (C=O) groups is 2. The molecule has 24 heavy (non-hydrogen) atoms. The second kappa shape index (κ2) is 5.59. The number of fused-ring (bicyclic) bond motifs is 1. The van der Waals surface area contributed by atoms with Crippen molar-refractivity contribution >= 4 is 22.4 Å². The Morgan fingerprint density at radius 3 is 2.12 bits per heavy atom. The summed E-state index contributed by atoms with van der Waals surface area (Å²) in [5.74, 6) is -0.788. The maximum atomic E-state index is 12.8. The highest BCUT2D eigenvalue weighted by Crippen LogP contribution is 2.47. The van der Waals surface area contributed by atoms with Crippen molar-refractivity contribution in [1.82, 2.24) is 4.31 Å². The average molecular weight is 363 g/mol. The Kier molecular flexibility index (Phi) is 4.42. The van der Waals surface area contributed by atoms with Gasteiger partial charge >= 0.3 is 22.4 Å². The van der Waals surface area contributed by atoms with E-state index in [1.807, 2.05) is 0 Å². The van der Waals surface area contributed by atoms with Crippen LogP contribution in [-0.4, -0.2) is 47.6 Å². The molecule has 0 spiro atoms. The highest BCUT2D eigenvalue weighted by molar-refractivity contribution is 7.85. The van der Waals surface area contributed by atoms with Crippen molar-refractivity contribution in [3.8, 4) is 0 Å². The number of ether oxygens (including phenoxy) is 2. The first-order valence-electron chi connectivity index (χ1n) is 7.89. The predicted octanol–water partition coefficient (Wildman–Crippen LogP) is 2.13. The quantitative estimate of drug-likeness (QED) is 0.658. The summed E-state index contributed by atoms with van der Waals surface area (Å²) < 4.78 is 40.8. The topological polar surface area (TPSA) is 99.2 Å². The number of nitrogens with zero attached hydrogens (tertiary/aromatic N) is 1. The zero-order chi connectivity index (χ0) is 18.6. The number of carbonyl (C=O) groups excluding carboxylic acids is 2. The van der Waals surface area contributed by atoms with Crippen LogP contribution in [0.3, 0.4) is 0 Å². The van der Waals surface area contributed by atoms with E-state index in [-0.39, 0.29) is 6.42 Å². The van der Waals surface area contributed by atoms with E-state index in [9.17, 15) is 18.0 Å². The molecule has 2 fully saturated rings. The molecule has 1 heterocycles. The first-order valence-corrected chi connectivity index (χ1v) is 9.26. The van der Waals surface area contributed by atoms with Gasteiger partial charge < -0.3 is 9.47 Å². The molecule has 0 N–H and O–H groups in total. The molecule has 0 aromatic heterocycles. The SMILES string of the molecule is CC(C)(C)OC(=O)N1[C@]2(C(=O)OC(C)(C)C)CCC[C@@H]2OS1(=O)=O. The molecule has 8 nitrogen and oxygen atoms in total. The molecule has 1 saturated carbocycles. The monoisotopic (exact) mass is 363 g/mol. The molecule has 0 radical (unpaired) electrons. The Labute approximate surface area is 142 Å². The molecule has 9 heteroatoms. The maximum absolute atomic E-state index is 12.8. The molecule has 1 amide bonds. The van der Waals surface area contributed by atoms with Crippen LogP contribution in [0, 0.1) is 0 Å². The third-order valence-electron chi connectivity index (χ3n) is 3.69. The Morgan fingerprint density at radius 1 is 1.08 bits per heavy atom. The molecule has 1 saturated heterocycles. The average Bonchev–Trinajstić information content (AvgIpc) is 2.76. The zero-order valence-corrected chi connectivity index (χ0v) is 15.7. The predicted molar refractivity (Wildman–Crippen MR) is 84.3 cm³/mol. The van der Waals surface area contributed by atoms with Crippen molar-refractivity contribution in [2.75, 3.05) is 0 Å². The van der Waals surface area contributed by atoms with Crippen LogP contribution in [0.4, 0.5) is 4.79 Å². The maximum Gasteiger partial charge on any atom is 0.427 e. The van der Waals surface area contributed by atoms with Crippen molar-refractivity contribution < 1.29 is 31.7 Å². The third kappa shape index (κ3) is 3.37. The van der Waals surface area contributed by atoms with Crippen LogP contribution >= 0.6 is 0 Å². The molecule has 0 aromatic carbocycles. The second-order valence-electron chi connectivity index (χ2n) is 8.11. The minimum atomic E-state index is -4.42. The molecule has 2 rings (SSSR count). The summed E-state index contributed by atoms with van der Waals surface area (Å²) in [6.07, 6.45) is -1.05. The highest BCUT2D eigenvalue weighted by Gasteiger charge is 2.69. The van der Waals surface area contributed by atoms with Crippen LogP contribution in [0.2, 0.25) is 0 Å². The molecular formula is C15H25NO7S. The lowest BCUT2D eigenvalue weighted by molar-refractivity contribution is -0.168. The largest absolute Gasteiger partial charge is 0.458 e. The molecule has 2 atom stereocenters. The summed E-state index contributed by atoms with van der Waals surface area (Å²) in [7, 11) is -4.42. The van der Waals surface area contributed by atoms with Crippen molar-refractivity contribution in [3.63, 3.8) is 0 Å². The van der Waals surface area contributed by atoms with Crippen molar-refractivity contribution in [1.29, 1.82) is 0 Å². The standard InChI is InChI=1S/C15H25NO7S/c1-13(2,3)21-11(17)15-9-7-8-10(15)23-24(19,20)16(15)12(18)22-14(4,5)6/h10H,7-9H2,1-6H3/t10-,15+/m0/s1. The van der Waals surface area contributed by atoms with Gasteiger partial charge in [-0.05, 0) is 60.8 Å². The molecule has 2 aliphatic rings. The van der Waals surface area contributed by atoms with E-state index in [1.165, 1.54) is 0 Å². The fourth-order valence-corrected chi connectivity index (χ4v) is 4.48. The molecule has 1 aliphatic heterocycles. The van der Waals surface area contributed by atoms with Gasteiger partial charge in [-0.25, -0.2) is 13.8 Å². The van der Waals surface area contributed by atoms with Gasteiger partial charge in [0.25, 0.3) is 0 Å². The third-order valence-corrected chi connectivity index (χ3v) is 5.09. The first kappa shape index (κ1) is 19.0.